The molecule has 0 aliphatic carbocycles. The molecule has 4 aromatic rings. The molecule has 0 saturated carbocycles. The zero-order chi connectivity index (χ0) is 20.2. The third kappa shape index (κ3) is 4.16. The lowest BCUT2D eigenvalue weighted by Crippen LogP contribution is -2.25. The topological polar surface area (TPSA) is 68.7 Å². The van der Waals surface area contributed by atoms with Crippen molar-refractivity contribution in [3.05, 3.63) is 94.6 Å². The highest BCUT2D eigenvalue weighted by Crippen LogP contribution is 2.23. The minimum absolute atomic E-state index is 0.113. The van der Waals surface area contributed by atoms with E-state index < -0.39 is 0 Å². The second kappa shape index (κ2) is 8.22. The van der Waals surface area contributed by atoms with Crippen LogP contribution in [0.5, 0.6) is 0 Å². The number of carbonyl (C=O) groups is 1. The molecule has 1 heterocycles. The number of nitrogens with one attached hydrogen (secondary N) is 2. The van der Waals surface area contributed by atoms with Gasteiger partial charge in [-0.15, -0.1) is 0 Å². The van der Waals surface area contributed by atoms with Gasteiger partial charge in [0.2, 0.25) is 0 Å². The predicted octanol–water partition coefficient (Wildman–Crippen LogP) is 5.33. The van der Waals surface area contributed by atoms with Gasteiger partial charge >= 0.3 is 0 Å². The van der Waals surface area contributed by atoms with Crippen molar-refractivity contribution in [2.45, 2.75) is 6.42 Å². The molecule has 142 valence electrons. The number of hydrogen-bond donors (Lipinski definition) is 2. The van der Waals surface area contributed by atoms with Gasteiger partial charge < -0.3 is 10.3 Å². The lowest BCUT2D eigenvalue weighted by molar-refractivity contribution is 0.0954. The van der Waals surface area contributed by atoms with Crippen LogP contribution in [0.2, 0.25) is 5.02 Å². The third-order valence-electron chi connectivity index (χ3n) is 4.88. The molecule has 0 atom stereocenters. The van der Waals surface area contributed by atoms with Crippen LogP contribution in [0, 0.1) is 11.3 Å². The number of hydrogen-bond acceptors (Lipinski definition) is 2. The summed E-state index contributed by atoms with van der Waals surface area (Å²) in [4.78, 5) is 15.8. The Balaban J connectivity index is 1.43. The van der Waals surface area contributed by atoms with Gasteiger partial charge in [0, 0.05) is 34.2 Å². The fourth-order valence-electron chi connectivity index (χ4n) is 3.35. The number of carbonyl (C=O) groups excluding carboxylic acids is 1. The number of rotatable bonds is 5. The molecule has 29 heavy (non-hydrogen) atoms. The minimum Gasteiger partial charge on any atom is -0.361 e. The van der Waals surface area contributed by atoms with Crippen LogP contribution in [0.25, 0.3) is 22.0 Å². The first kappa shape index (κ1) is 18.8. The molecule has 4 nitrogen and oxygen atoms in total. The van der Waals surface area contributed by atoms with Crippen LogP contribution in [0.15, 0.2) is 72.9 Å². The lowest BCUT2D eigenvalue weighted by Gasteiger charge is -2.07. The molecule has 3 aromatic carbocycles. The van der Waals surface area contributed by atoms with Gasteiger partial charge in [-0.25, -0.2) is 0 Å². The Hall–Kier alpha value is -3.55. The first-order valence-corrected chi connectivity index (χ1v) is 9.66. The quantitative estimate of drug-likeness (QED) is 0.476. The fraction of sp³-hybridized carbons (Fsp3) is 0.0833. The number of H-pyrrole nitrogens is 1. The number of nitriles is 1. The van der Waals surface area contributed by atoms with E-state index >= 15 is 0 Å². The fourth-order valence-corrected chi connectivity index (χ4v) is 3.52. The van der Waals surface area contributed by atoms with Crippen molar-refractivity contribution < 1.29 is 4.79 Å². The minimum atomic E-state index is -0.113. The molecule has 4 rings (SSSR count). The number of aromatic nitrogens is 1. The second-order valence-corrected chi connectivity index (χ2v) is 7.22. The molecule has 2 N–H and O–H groups in total. The van der Waals surface area contributed by atoms with Crippen molar-refractivity contribution in [2.75, 3.05) is 6.54 Å². The molecule has 1 aromatic heterocycles. The molecule has 5 heteroatoms. The normalized spacial score (nSPS) is 10.6. The van der Waals surface area contributed by atoms with Crippen molar-refractivity contribution >= 4 is 28.4 Å². The molecule has 0 radical (unpaired) electrons. The monoisotopic (exact) mass is 399 g/mol. The van der Waals surface area contributed by atoms with Gasteiger partial charge in [0.1, 0.15) is 0 Å². The maximum atomic E-state index is 12.6. The highest BCUT2D eigenvalue weighted by atomic mass is 35.5. The largest absolute Gasteiger partial charge is 0.361 e. The standard InChI is InChI=1S/C24H18ClN3O/c25-21-8-9-23-22(13-21)20(15-28-23)10-11-27-24(29)19-3-1-2-18(12-19)17-6-4-16(14-26)5-7-17/h1-9,12-13,15,28H,10-11H2,(H,27,29). The van der Waals surface area contributed by atoms with Crippen molar-refractivity contribution in [3.8, 4) is 17.2 Å². The average molecular weight is 400 g/mol. The Morgan fingerprint density at radius 2 is 1.86 bits per heavy atom. The van der Waals surface area contributed by atoms with Crippen LogP contribution in [-0.2, 0) is 6.42 Å². The van der Waals surface area contributed by atoms with E-state index in [1.54, 1.807) is 18.2 Å². The van der Waals surface area contributed by atoms with Crippen LogP contribution in [0.4, 0.5) is 0 Å². The maximum absolute atomic E-state index is 12.6. The van der Waals surface area contributed by atoms with E-state index in [0.29, 0.717) is 29.1 Å². The Bertz CT molecular complexity index is 1220. The van der Waals surface area contributed by atoms with E-state index in [-0.39, 0.29) is 5.91 Å². The maximum Gasteiger partial charge on any atom is 0.251 e. The highest BCUT2D eigenvalue weighted by Gasteiger charge is 2.09. The third-order valence-corrected chi connectivity index (χ3v) is 5.12. The lowest BCUT2D eigenvalue weighted by atomic mass is 10.0. The predicted molar refractivity (Wildman–Crippen MR) is 116 cm³/mol. The molecule has 0 bridgehead atoms. The summed E-state index contributed by atoms with van der Waals surface area (Å²) in [5, 5.41) is 13.7. The molecular formula is C24H18ClN3O. The number of aromatic amines is 1. The number of amides is 1. The SMILES string of the molecule is N#Cc1ccc(-c2cccc(C(=O)NCCc3c[nH]c4ccc(Cl)cc34)c2)cc1. The number of halogens is 1. The molecule has 0 fully saturated rings. The van der Waals surface area contributed by atoms with Gasteiger partial charge in [0.05, 0.1) is 11.6 Å². The van der Waals surface area contributed by atoms with Gasteiger partial charge in [-0.05, 0) is 65.6 Å². The van der Waals surface area contributed by atoms with Crippen LogP contribution in [0.3, 0.4) is 0 Å². The molecule has 0 saturated heterocycles. The molecule has 0 aliphatic rings. The summed E-state index contributed by atoms with van der Waals surface area (Å²) < 4.78 is 0. The molecule has 0 unspecified atom stereocenters. The van der Waals surface area contributed by atoms with Crippen LogP contribution >= 0.6 is 11.6 Å². The number of fused-ring (bicyclic) bond motifs is 1. The van der Waals surface area contributed by atoms with Gasteiger partial charge in [-0.3, -0.25) is 4.79 Å². The van der Waals surface area contributed by atoms with Crippen molar-refractivity contribution in [1.29, 1.82) is 5.26 Å². The zero-order valence-electron chi connectivity index (χ0n) is 15.6. The molecular weight excluding hydrogens is 382 g/mol. The van der Waals surface area contributed by atoms with Gasteiger partial charge in [-0.2, -0.15) is 5.26 Å². The van der Waals surface area contributed by atoms with E-state index in [1.807, 2.05) is 54.7 Å². The first-order chi connectivity index (χ1) is 14.1. The molecule has 1 amide bonds. The Kier molecular flexibility index (Phi) is 5.33. The van der Waals surface area contributed by atoms with E-state index in [9.17, 15) is 4.79 Å². The van der Waals surface area contributed by atoms with E-state index in [4.69, 9.17) is 16.9 Å². The van der Waals surface area contributed by atoms with Crippen LogP contribution in [-0.4, -0.2) is 17.4 Å². The Morgan fingerprint density at radius 3 is 2.66 bits per heavy atom. The first-order valence-electron chi connectivity index (χ1n) is 9.28. The summed E-state index contributed by atoms with van der Waals surface area (Å²) in [6.45, 7) is 0.527. The van der Waals surface area contributed by atoms with Crippen molar-refractivity contribution in [1.82, 2.24) is 10.3 Å². The highest BCUT2D eigenvalue weighted by molar-refractivity contribution is 6.31. The molecule has 0 spiro atoms. The van der Waals surface area contributed by atoms with E-state index in [1.165, 1.54) is 0 Å². The Labute approximate surface area is 173 Å². The van der Waals surface area contributed by atoms with E-state index in [0.717, 1.165) is 27.6 Å². The second-order valence-electron chi connectivity index (χ2n) is 6.78. The van der Waals surface area contributed by atoms with Gasteiger partial charge in [0.15, 0.2) is 0 Å². The number of nitrogens with zero attached hydrogens (tertiary/aromatic N) is 1. The average Bonchev–Trinajstić information content (AvgIpc) is 3.16. The smallest absolute Gasteiger partial charge is 0.251 e. The summed E-state index contributed by atoms with van der Waals surface area (Å²) in [6.07, 6.45) is 2.67. The van der Waals surface area contributed by atoms with E-state index in [2.05, 4.69) is 16.4 Å². The Morgan fingerprint density at radius 1 is 1.03 bits per heavy atom. The summed E-state index contributed by atoms with van der Waals surface area (Å²) in [7, 11) is 0. The zero-order valence-corrected chi connectivity index (χ0v) is 16.3. The van der Waals surface area contributed by atoms with Crippen molar-refractivity contribution in [3.63, 3.8) is 0 Å². The van der Waals surface area contributed by atoms with Crippen molar-refractivity contribution in [2.24, 2.45) is 0 Å². The van der Waals surface area contributed by atoms with Gasteiger partial charge in [-0.1, -0.05) is 35.9 Å². The number of benzene rings is 3. The van der Waals surface area contributed by atoms with Gasteiger partial charge in [0.25, 0.3) is 5.91 Å². The summed E-state index contributed by atoms with van der Waals surface area (Å²) in [5.74, 6) is -0.113. The summed E-state index contributed by atoms with van der Waals surface area (Å²) in [6, 6.07) is 22.7. The summed E-state index contributed by atoms with van der Waals surface area (Å²) in [5.41, 5.74) is 5.28. The molecule has 0 aliphatic heterocycles. The van der Waals surface area contributed by atoms with Crippen LogP contribution in [0.1, 0.15) is 21.5 Å². The summed E-state index contributed by atoms with van der Waals surface area (Å²) >= 11 is 6.09. The van der Waals surface area contributed by atoms with Crippen LogP contribution < -0.4 is 5.32 Å².